The van der Waals surface area contributed by atoms with Crippen LogP contribution < -0.4 is 16.8 Å². The van der Waals surface area contributed by atoms with Crippen LogP contribution in [0.2, 0.25) is 0 Å². The fourth-order valence-corrected chi connectivity index (χ4v) is 2.12. The van der Waals surface area contributed by atoms with E-state index in [0.717, 1.165) is 16.1 Å². The monoisotopic (exact) mass is 310 g/mol. The predicted molar refractivity (Wildman–Crippen MR) is 84.8 cm³/mol. The number of carbonyl (C=O) groups excluding carboxylic acids is 1. The second kappa shape index (κ2) is 7.52. The molecule has 0 aliphatic carbocycles. The van der Waals surface area contributed by atoms with E-state index in [9.17, 15) is 4.79 Å². The van der Waals surface area contributed by atoms with Gasteiger partial charge in [-0.1, -0.05) is 18.2 Å². The van der Waals surface area contributed by atoms with Gasteiger partial charge < -0.3 is 16.8 Å². The number of amidine groups is 1. The third kappa shape index (κ3) is 4.56. The van der Waals surface area contributed by atoms with E-state index >= 15 is 0 Å². The van der Waals surface area contributed by atoms with Gasteiger partial charge in [-0.15, -0.1) is 23.7 Å². The van der Waals surface area contributed by atoms with E-state index in [1.165, 1.54) is 0 Å². The minimum absolute atomic E-state index is 0. The van der Waals surface area contributed by atoms with Gasteiger partial charge in [0.2, 0.25) is 0 Å². The first-order chi connectivity index (χ1) is 9.15. The number of nitrogens with zero attached hydrogens (tertiary/aromatic N) is 1. The molecule has 106 valence electrons. The number of carbonyl (C=O) groups is 1. The van der Waals surface area contributed by atoms with Crippen LogP contribution in [0.15, 0.2) is 46.8 Å². The largest absolute Gasteiger partial charge is 0.383 e. The molecule has 5 nitrogen and oxygen atoms in total. The number of hydrogen-bond acceptors (Lipinski definition) is 3. The van der Waals surface area contributed by atoms with Crippen LogP contribution in [0.3, 0.4) is 0 Å². The molecule has 7 heteroatoms. The molecule has 5 N–H and O–H groups in total. The molecule has 1 aromatic heterocycles. The van der Waals surface area contributed by atoms with Crippen molar-refractivity contribution in [2.24, 2.45) is 16.5 Å². The van der Waals surface area contributed by atoms with Crippen molar-refractivity contribution in [1.82, 2.24) is 5.32 Å². The Kier molecular flexibility index (Phi) is 6.02. The van der Waals surface area contributed by atoms with Crippen molar-refractivity contribution in [3.05, 3.63) is 52.2 Å². The highest BCUT2D eigenvalue weighted by molar-refractivity contribution is 7.12. The Morgan fingerprint density at radius 2 is 1.90 bits per heavy atom. The van der Waals surface area contributed by atoms with Crippen molar-refractivity contribution >= 4 is 41.3 Å². The quantitative estimate of drug-likeness (QED) is 0.597. The molecule has 2 aromatic rings. The van der Waals surface area contributed by atoms with E-state index in [2.05, 4.69) is 10.3 Å². The van der Waals surface area contributed by atoms with Gasteiger partial charge >= 0.3 is 6.03 Å². The number of hydrogen-bond donors (Lipinski definition) is 3. The number of halogens is 1. The lowest BCUT2D eigenvalue weighted by atomic mass is 10.2. The standard InChI is InChI=1S/C13H14N4OS.ClH/c14-12(11-2-1-7-19-11)17-10-5-3-9(4-6-10)8-16-13(15)18;/h1-7H,8H2,(H2,14,17)(H3,15,16,18);1H. The Labute approximate surface area is 127 Å². The molecule has 0 atom stereocenters. The zero-order valence-corrected chi connectivity index (χ0v) is 12.2. The molecule has 0 saturated heterocycles. The van der Waals surface area contributed by atoms with Gasteiger partial charge in [-0.2, -0.15) is 0 Å². The van der Waals surface area contributed by atoms with Gasteiger partial charge in [-0.25, -0.2) is 9.79 Å². The number of primary amides is 1. The van der Waals surface area contributed by atoms with E-state index in [1.807, 2.05) is 41.8 Å². The molecule has 20 heavy (non-hydrogen) atoms. The summed E-state index contributed by atoms with van der Waals surface area (Å²) in [7, 11) is 0. The van der Waals surface area contributed by atoms with Crippen LogP contribution in [0.1, 0.15) is 10.4 Å². The fraction of sp³-hybridized carbons (Fsp3) is 0.0769. The van der Waals surface area contributed by atoms with E-state index in [0.29, 0.717) is 12.4 Å². The van der Waals surface area contributed by atoms with Gasteiger partial charge in [0, 0.05) is 6.54 Å². The number of amides is 2. The lowest BCUT2D eigenvalue weighted by molar-refractivity contribution is 0.248. The summed E-state index contributed by atoms with van der Waals surface area (Å²) in [5.74, 6) is 0.498. The summed E-state index contributed by atoms with van der Waals surface area (Å²) in [5.41, 5.74) is 12.6. The van der Waals surface area contributed by atoms with E-state index in [4.69, 9.17) is 11.5 Å². The average Bonchev–Trinajstić information content (AvgIpc) is 2.92. The summed E-state index contributed by atoms with van der Waals surface area (Å²) < 4.78 is 0. The Morgan fingerprint density at radius 1 is 1.20 bits per heavy atom. The summed E-state index contributed by atoms with van der Waals surface area (Å²) in [6, 6.07) is 10.8. The fourth-order valence-electron chi connectivity index (χ4n) is 1.50. The molecule has 2 amide bonds. The summed E-state index contributed by atoms with van der Waals surface area (Å²) in [6.07, 6.45) is 0. The molecule has 0 aliphatic rings. The first-order valence-corrected chi connectivity index (χ1v) is 6.53. The second-order valence-corrected chi connectivity index (χ2v) is 4.81. The molecule has 0 saturated carbocycles. The van der Waals surface area contributed by atoms with Gasteiger partial charge in [-0.3, -0.25) is 0 Å². The van der Waals surface area contributed by atoms with Crippen molar-refractivity contribution in [3.63, 3.8) is 0 Å². The third-order valence-electron chi connectivity index (χ3n) is 2.43. The zero-order valence-electron chi connectivity index (χ0n) is 10.6. The Hall–Kier alpha value is -2.05. The minimum atomic E-state index is -0.538. The number of benzene rings is 1. The molecule has 0 spiro atoms. The van der Waals surface area contributed by atoms with Gasteiger partial charge in [0.1, 0.15) is 5.84 Å². The Morgan fingerprint density at radius 3 is 2.45 bits per heavy atom. The predicted octanol–water partition coefficient (Wildman–Crippen LogP) is 2.38. The van der Waals surface area contributed by atoms with Crippen LogP contribution in [0.4, 0.5) is 10.5 Å². The van der Waals surface area contributed by atoms with E-state index in [1.54, 1.807) is 11.3 Å². The SMILES string of the molecule is Cl.NC(=O)NCc1ccc(N=C(N)c2cccs2)cc1. The van der Waals surface area contributed by atoms with Gasteiger partial charge in [0.25, 0.3) is 0 Å². The normalized spacial score (nSPS) is 10.7. The van der Waals surface area contributed by atoms with Crippen molar-refractivity contribution in [2.75, 3.05) is 0 Å². The number of urea groups is 1. The molecule has 0 fully saturated rings. The molecule has 2 rings (SSSR count). The third-order valence-corrected chi connectivity index (χ3v) is 3.32. The number of rotatable bonds is 4. The summed E-state index contributed by atoms with van der Waals surface area (Å²) >= 11 is 1.55. The topological polar surface area (TPSA) is 93.5 Å². The molecule has 0 unspecified atom stereocenters. The maximum Gasteiger partial charge on any atom is 0.312 e. The minimum Gasteiger partial charge on any atom is -0.383 e. The van der Waals surface area contributed by atoms with Crippen molar-refractivity contribution < 1.29 is 4.79 Å². The Bertz CT molecular complexity index is 581. The molecular formula is C13H15ClN4OS. The van der Waals surface area contributed by atoms with E-state index < -0.39 is 6.03 Å². The molecule has 0 radical (unpaired) electrons. The molecule has 0 bridgehead atoms. The van der Waals surface area contributed by atoms with Crippen LogP contribution in [0, 0.1) is 0 Å². The number of nitrogens with one attached hydrogen (secondary N) is 1. The number of thiophene rings is 1. The van der Waals surface area contributed by atoms with Crippen molar-refractivity contribution in [2.45, 2.75) is 6.54 Å². The number of aliphatic imine (C=N–C) groups is 1. The maximum absolute atomic E-state index is 10.6. The van der Waals surface area contributed by atoms with Crippen molar-refractivity contribution in [3.8, 4) is 0 Å². The van der Waals surface area contributed by atoms with Crippen LogP contribution >= 0.6 is 23.7 Å². The lowest BCUT2D eigenvalue weighted by Gasteiger charge is -2.03. The highest BCUT2D eigenvalue weighted by atomic mass is 35.5. The van der Waals surface area contributed by atoms with Crippen LogP contribution in [-0.2, 0) is 6.54 Å². The summed E-state index contributed by atoms with van der Waals surface area (Å²) in [5, 5.41) is 4.48. The molecular weight excluding hydrogens is 296 g/mol. The number of nitrogens with two attached hydrogens (primary N) is 2. The second-order valence-electron chi connectivity index (χ2n) is 3.86. The van der Waals surface area contributed by atoms with Gasteiger partial charge in [0.15, 0.2) is 0 Å². The average molecular weight is 311 g/mol. The highest BCUT2D eigenvalue weighted by Crippen LogP contribution is 2.16. The molecule has 0 aliphatic heterocycles. The first-order valence-electron chi connectivity index (χ1n) is 5.65. The van der Waals surface area contributed by atoms with Crippen LogP contribution in [0.5, 0.6) is 0 Å². The maximum atomic E-state index is 10.6. The molecule has 1 heterocycles. The van der Waals surface area contributed by atoms with Crippen LogP contribution in [0.25, 0.3) is 0 Å². The van der Waals surface area contributed by atoms with Gasteiger partial charge in [0.05, 0.1) is 10.6 Å². The molecule has 1 aromatic carbocycles. The van der Waals surface area contributed by atoms with E-state index in [-0.39, 0.29) is 12.4 Å². The zero-order chi connectivity index (χ0) is 13.7. The summed E-state index contributed by atoms with van der Waals surface area (Å²) in [4.78, 5) is 15.9. The highest BCUT2D eigenvalue weighted by Gasteiger charge is 2.00. The Balaban J connectivity index is 0.00000200. The van der Waals surface area contributed by atoms with Crippen LogP contribution in [-0.4, -0.2) is 11.9 Å². The van der Waals surface area contributed by atoms with Crippen molar-refractivity contribution in [1.29, 1.82) is 0 Å². The lowest BCUT2D eigenvalue weighted by Crippen LogP contribution is -2.28. The van der Waals surface area contributed by atoms with Gasteiger partial charge in [-0.05, 0) is 29.1 Å². The summed E-state index contributed by atoms with van der Waals surface area (Å²) in [6.45, 7) is 0.403. The first kappa shape index (κ1) is 16.0. The smallest absolute Gasteiger partial charge is 0.312 e.